The summed E-state index contributed by atoms with van der Waals surface area (Å²) in [6, 6.07) is 8.37. The van der Waals surface area contributed by atoms with Crippen molar-refractivity contribution < 1.29 is 4.74 Å². The van der Waals surface area contributed by atoms with E-state index in [2.05, 4.69) is 30.8 Å². The van der Waals surface area contributed by atoms with Gasteiger partial charge in [0.25, 0.3) is 0 Å². The third-order valence-electron chi connectivity index (χ3n) is 2.22. The molecule has 2 rings (SSSR count). The Balaban J connectivity index is 2.29. The van der Waals surface area contributed by atoms with E-state index in [1.165, 1.54) is 11.1 Å². The molecule has 0 saturated heterocycles. The van der Waals surface area contributed by atoms with E-state index in [9.17, 15) is 0 Å². The molecule has 1 heterocycles. The quantitative estimate of drug-likeness (QED) is 0.604. The van der Waals surface area contributed by atoms with E-state index in [0.29, 0.717) is 0 Å². The van der Waals surface area contributed by atoms with Crippen molar-refractivity contribution in [2.45, 2.75) is 19.1 Å². The van der Waals surface area contributed by atoms with E-state index in [1.807, 2.05) is 6.08 Å². The first-order chi connectivity index (χ1) is 5.92. The Morgan fingerprint density at radius 2 is 2.33 bits per heavy atom. The second kappa shape index (κ2) is 3.11. The van der Waals surface area contributed by atoms with Crippen molar-refractivity contribution in [3.05, 3.63) is 48.0 Å². The highest BCUT2D eigenvalue weighted by atomic mass is 16.5. The smallest absolute Gasteiger partial charge is 0.0867 e. The summed E-state index contributed by atoms with van der Waals surface area (Å²) in [5, 5.41) is 0. The van der Waals surface area contributed by atoms with Gasteiger partial charge in [-0.1, -0.05) is 30.3 Å². The monoisotopic (exact) mass is 160 g/mol. The lowest BCUT2D eigenvalue weighted by Crippen LogP contribution is -1.92. The molecule has 0 saturated carbocycles. The summed E-state index contributed by atoms with van der Waals surface area (Å²) in [6.07, 6.45) is 3.07. The minimum atomic E-state index is 0.249. The lowest BCUT2D eigenvalue weighted by Gasteiger charge is -2.06. The Morgan fingerprint density at radius 3 is 3.17 bits per heavy atom. The van der Waals surface area contributed by atoms with Gasteiger partial charge in [0.2, 0.25) is 0 Å². The molecule has 1 nitrogen and oxygen atoms in total. The summed E-state index contributed by atoms with van der Waals surface area (Å²) < 4.78 is 5.59. The van der Waals surface area contributed by atoms with Crippen molar-refractivity contribution in [2.75, 3.05) is 0 Å². The van der Waals surface area contributed by atoms with Gasteiger partial charge in [-0.3, -0.25) is 0 Å². The summed E-state index contributed by atoms with van der Waals surface area (Å²) in [4.78, 5) is 0. The average Bonchev–Trinajstić information content (AvgIpc) is 2.50. The van der Waals surface area contributed by atoms with Crippen LogP contribution in [0.4, 0.5) is 0 Å². The summed E-state index contributed by atoms with van der Waals surface area (Å²) in [5.74, 6) is 0. The first kappa shape index (κ1) is 7.56. The van der Waals surface area contributed by atoms with Crippen LogP contribution in [-0.4, -0.2) is 0 Å². The van der Waals surface area contributed by atoms with Crippen LogP contribution < -0.4 is 0 Å². The molecule has 0 aromatic heterocycles. The van der Waals surface area contributed by atoms with Crippen molar-refractivity contribution in [1.82, 2.24) is 0 Å². The maximum absolute atomic E-state index is 5.59. The SMILES string of the molecule is C=CCC1OCc2ccccc21. The number of fused-ring (bicyclic) bond motifs is 1. The lowest BCUT2D eigenvalue weighted by atomic mass is 10.0. The number of ether oxygens (including phenoxy) is 1. The third kappa shape index (κ3) is 1.16. The van der Waals surface area contributed by atoms with E-state index in [4.69, 9.17) is 4.74 Å². The van der Waals surface area contributed by atoms with E-state index >= 15 is 0 Å². The zero-order valence-corrected chi connectivity index (χ0v) is 6.99. The zero-order chi connectivity index (χ0) is 8.39. The molecule has 1 heteroatoms. The van der Waals surface area contributed by atoms with Crippen LogP contribution in [0, 0.1) is 0 Å². The Morgan fingerprint density at radius 1 is 1.50 bits per heavy atom. The average molecular weight is 160 g/mol. The molecule has 0 N–H and O–H groups in total. The van der Waals surface area contributed by atoms with Gasteiger partial charge in [0.1, 0.15) is 0 Å². The highest BCUT2D eigenvalue weighted by molar-refractivity contribution is 5.31. The molecule has 1 aromatic carbocycles. The maximum Gasteiger partial charge on any atom is 0.0867 e. The molecule has 1 aliphatic rings. The molecule has 62 valence electrons. The standard InChI is InChI=1S/C11H12O/c1-2-5-11-10-7-4-3-6-9(10)8-12-11/h2-4,6-7,11H,1,5,8H2. The normalized spacial score (nSPS) is 20.5. The minimum Gasteiger partial charge on any atom is -0.369 e. The van der Waals surface area contributed by atoms with E-state index in [-0.39, 0.29) is 6.10 Å². The Hall–Kier alpha value is -1.08. The minimum absolute atomic E-state index is 0.249. The maximum atomic E-state index is 5.59. The second-order valence-electron chi connectivity index (χ2n) is 3.02. The van der Waals surface area contributed by atoms with Crippen molar-refractivity contribution in [2.24, 2.45) is 0 Å². The summed E-state index contributed by atoms with van der Waals surface area (Å²) in [6.45, 7) is 4.48. The molecule has 0 fully saturated rings. The molecule has 1 unspecified atom stereocenters. The van der Waals surface area contributed by atoms with Gasteiger partial charge in [-0.05, 0) is 17.5 Å². The van der Waals surface area contributed by atoms with Crippen molar-refractivity contribution >= 4 is 0 Å². The molecule has 0 bridgehead atoms. The Bertz CT molecular complexity index is 291. The molecule has 12 heavy (non-hydrogen) atoms. The van der Waals surface area contributed by atoms with Gasteiger partial charge < -0.3 is 4.74 Å². The van der Waals surface area contributed by atoms with Gasteiger partial charge in [0.15, 0.2) is 0 Å². The third-order valence-corrected chi connectivity index (χ3v) is 2.22. The van der Waals surface area contributed by atoms with Crippen molar-refractivity contribution in [3.63, 3.8) is 0 Å². The fourth-order valence-corrected chi connectivity index (χ4v) is 1.61. The van der Waals surface area contributed by atoms with Crippen LogP contribution in [0.15, 0.2) is 36.9 Å². The van der Waals surface area contributed by atoms with Crippen LogP contribution in [0.2, 0.25) is 0 Å². The van der Waals surface area contributed by atoms with Gasteiger partial charge >= 0.3 is 0 Å². The molecular formula is C11H12O. The second-order valence-corrected chi connectivity index (χ2v) is 3.02. The molecule has 0 aliphatic carbocycles. The lowest BCUT2D eigenvalue weighted by molar-refractivity contribution is 0.0685. The molecule has 0 amide bonds. The first-order valence-electron chi connectivity index (χ1n) is 4.22. The Kier molecular flexibility index (Phi) is 1.96. The van der Waals surface area contributed by atoms with Crippen molar-refractivity contribution in [1.29, 1.82) is 0 Å². The molecule has 1 aromatic rings. The van der Waals surface area contributed by atoms with Crippen LogP contribution in [0.3, 0.4) is 0 Å². The van der Waals surface area contributed by atoms with E-state index in [1.54, 1.807) is 0 Å². The number of hydrogen-bond donors (Lipinski definition) is 0. The summed E-state index contributed by atoms with van der Waals surface area (Å²) in [7, 11) is 0. The van der Waals surface area contributed by atoms with Gasteiger partial charge in [-0.15, -0.1) is 6.58 Å². The van der Waals surface area contributed by atoms with Gasteiger partial charge in [-0.2, -0.15) is 0 Å². The largest absolute Gasteiger partial charge is 0.369 e. The van der Waals surface area contributed by atoms with Gasteiger partial charge in [0.05, 0.1) is 12.7 Å². The Labute approximate surface area is 72.7 Å². The molecule has 0 radical (unpaired) electrons. The van der Waals surface area contributed by atoms with Crippen molar-refractivity contribution in [3.8, 4) is 0 Å². The molecule has 1 atom stereocenters. The summed E-state index contributed by atoms with van der Waals surface area (Å²) in [5.41, 5.74) is 2.65. The highest BCUT2D eigenvalue weighted by Crippen LogP contribution is 2.32. The topological polar surface area (TPSA) is 9.23 Å². The van der Waals surface area contributed by atoms with Crippen LogP contribution in [0.5, 0.6) is 0 Å². The molecule has 0 spiro atoms. The predicted molar refractivity (Wildman–Crippen MR) is 48.8 cm³/mol. The van der Waals surface area contributed by atoms with Gasteiger partial charge in [-0.25, -0.2) is 0 Å². The molecular weight excluding hydrogens is 148 g/mol. The van der Waals surface area contributed by atoms with E-state index < -0.39 is 0 Å². The fraction of sp³-hybridized carbons (Fsp3) is 0.273. The van der Waals surface area contributed by atoms with Crippen LogP contribution >= 0.6 is 0 Å². The first-order valence-corrected chi connectivity index (χ1v) is 4.22. The summed E-state index contributed by atoms with van der Waals surface area (Å²) >= 11 is 0. The van der Waals surface area contributed by atoms with Crippen LogP contribution in [-0.2, 0) is 11.3 Å². The van der Waals surface area contributed by atoms with Gasteiger partial charge in [0, 0.05) is 0 Å². The number of hydrogen-bond acceptors (Lipinski definition) is 1. The number of benzene rings is 1. The highest BCUT2D eigenvalue weighted by Gasteiger charge is 2.20. The van der Waals surface area contributed by atoms with Crippen LogP contribution in [0.25, 0.3) is 0 Å². The van der Waals surface area contributed by atoms with E-state index in [0.717, 1.165) is 13.0 Å². The number of rotatable bonds is 2. The van der Waals surface area contributed by atoms with Crippen LogP contribution in [0.1, 0.15) is 23.7 Å². The predicted octanol–water partition coefficient (Wildman–Crippen LogP) is 2.83. The fourth-order valence-electron chi connectivity index (χ4n) is 1.61. The molecule has 1 aliphatic heterocycles. The zero-order valence-electron chi connectivity index (χ0n) is 6.99.